The van der Waals surface area contributed by atoms with E-state index in [2.05, 4.69) is 17.0 Å². The van der Waals surface area contributed by atoms with Crippen molar-refractivity contribution in [1.29, 1.82) is 0 Å². The topological polar surface area (TPSA) is 57.7 Å². The van der Waals surface area contributed by atoms with Crippen LogP contribution in [0, 0.1) is 0 Å². The van der Waals surface area contributed by atoms with E-state index in [1.54, 1.807) is 4.90 Å². The molecule has 0 radical (unpaired) electrons. The van der Waals surface area contributed by atoms with Gasteiger partial charge in [-0.25, -0.2) is 8.42 Å². The molecule has 6 heteroatoms. The molecule has 0 aromatic heterocycles. The largest absolute Gasteiger partial charge is 0.336 e. The third-order valence-electron chi connectivity index (χ3n) is 4.95. The third kappa shape index (κ3) is 3.75. The molecule has 0 bridgehead atoms. The van der Waals surface area contributed by atoms with Gasteiger partial charge in [0.05, 0.1) is 17.5 Å². The minimum absolute atomic E-state index is 0.0129. The molecule has 0 saturated carbocycles. The summed E-state index contributed by atoms with van der Waals surface area (Å²) in [5, 5.41) is 0. The minimum Gasteiger partial charge on any atom is -0.336 e. The van der Waals surface area contributed by atoms with Crippen LogP contribution in [0.5, 0.6) is 0 Å². The molecule has 0 N–H and O–H groups in total. The van der Waals surface area contributed by atoms with Gasteiger partial charge in [0, 0.05) is 26.1 Å². The molecule has 2 fully saturated rings. The van der Waals surface area contributed by atoms with E-state index >= 15 is 0 Å². The highest BCUT2D eigenvalue weighted by Crippen LogP contribution is 2.27. The van der Waals surface area contributed by atoms with Crippen molar-refractivity contribution in [2.45, 2.75) is 31.8 Å². The van der Waals surface area contributed by atoms with Gasteiger partial charge in [0.2, 0.25) is 5.91 Å². The number of nitrogens with zero attached hydrogens (tertiary/aromatic N) is 2. The molecule has 0 aliphatic carbocycles. The molecule has 3 rings (SSSR count). The molecule has 5 nitrogen and oxygen atoms in total. The number of hydrogen-bond acceptors (Lipinski definition) is 4. The van der Waals surface area contributed by atoms with Crippen LogP contribution in [0.25, 0.3) is 0 Å². The molecule has 0 unspecified atom stereocenters. The molecule has 1 amide bonds. The van der Waals surface area contributed by atoms with Gasteiger partial charge >= 0.3 is 0 Å². The molecule has 23 heavy (non-hydrogen) atoms. The maximum absolute atomic E-state index is 12.0. The van der Waals surface area contributed by atoms with Gasteiger partial charge in [0.1, 0.15) is 0 Å². The van der Waals surface area contributed by atoms with Crippen LogP contribution >= 0.6 is 0 Å². The lowest BCUT2D eigenvalue weighted by Crippen LogP contribution is -2.60. The maximum Gasteiger partial charge on any atom is 0.219 e. The van der Waals surface area contributed by atoms with Gasteiger partial charge < -0.3 is 4.90 Å². The maximum atomic E-state index is 12.0. The summed E-state index contributed by atoms with van der Waals surface area (Å²) in [6, 6.07) is 10.1. The van der Waals surface area contributed by atoms with E-state index < -0.39 is 9.84 Å². The lowest BCUT2D eigenvalue weighted by molar-refractivity contribution is -0.134. The van der Waals surface area contributed by atoms with E-state index in [9.17, 15) is 13.2 Å². The molecule has 126 valence electrons. The highest BCUT2D eigenvalue weighted by atomic mass is 32.2. The van der Waals surface area contributed by atoms with Gasteiger partial charge in [-0.1, -0.05) is 30.3 Å². The monoisotopic (exact) mass is 336 g/mol. The molecule has 1 aromatic carbocycles. The molecule has 2 atom stereocenters. The second-order valence-electron chi connectivity index (χ2n) is 6.55. The van der Waals surface area contributed by atoms with Gasteiger partial charge in [-0.05, 0) is 24.9 Å². The lowest BCUT2D eigenvalue weighted by atomic mass is 10.0. The molecular weight excluding hydrogens is 312 g/mol. The second kappa shape index (κ2) is 6.61. The van der Waals surface area contributed by atoms with Crippen LogP contribution in [0.3, 0.4) is 0 Å². The van der Waals surface area contributed by atoms with Crippen molar-refractivity contribution in [3.8, 4) is 0 Å². The summed E-state index contributed by atoms with van der Waals surface area (Å²) in [5.74, 6) is 0.292. The van der Waals surface area contributed by atoms with Crippen LogP contribution in [0.2, 0.25) is 0 Å². The predicted molar refractivity (Wildman–Crippen MR) is 90.0 cm³/mol. The van der Waals surface area contributed by atoms with Crippen LogP contribution in [0.4, 0.5) is 0 Å². The van der Waals surface area contributed by atoms with Gasteiger partial charge in [-0.2, -0.15) is 0 Å². The van der Waals surface area contributed by atoms with Gasteiger partial charge in [-0.15, -0.1) is 0 Å². The standard InChI is InChI=1S/C17H24N2O3S/c1-14(20)19-11-10-18(16-12-23(21,22)13-17(16)19)9-5-8-15-6-3-2-4-7-15/h2-4,6-7,16-17H,5,8-13H2,1H3/t16-,17+/m0/s1. The normalized spacial score (nSPS) is 26.9. The molecule has 2 saturated heterocycles. The van der Waals surface area contributed by atoms with Crippen molar-refractivity contribution in [2.24, 2.45) is 0 Å². The van der Waals surface area contributed by atoms with E-state index in [4.69, 9.17) is 0 Å². The fraction of sp³-hybridized carbons (Fsp3) is 0.588. The molecule has 2 heterocycles. The van der Waals surface area contributed by atoms with Crippen molar-refractivity contribution in [3.63, 3.8) is 0 Å². The summed E-state index contributed by atoms with van der Waals surface area (Å²) < 4.78 is 24.1. The summed E-state index contributed by atoms with van der Waals surface area (Å²) >= 11 is 0. The van der Waals surface area contributed by atoms with Gasteiger partial charge in [0.15, 0.2) is 9.84 Å². The van der Waals surface area contributed by atoms with Gasteiger partial charge in [0.25, 0.3) is 0 Å². The van der Waals surface area contributed by atoms with E-state index in [0.29, 0.717) is 6.54 Å². The first-order valence-electron chi connectivity index (χ1n) is 8.22. The summed E-state index contributed by atoms with van der Waals surface area (Å²) in [4.78, 5) is 15.8. The number of sulfone groups is 1. The summed E-state index contributed by atoms with van der Waals surface area (Å²) in [7, 11) is -3.04. The molecular formula is C17H24N2O3S. The first-order chi connectivity index (χ1) is 11.0. The van der Waals surface area contributed by atoms with Crippen LogP contribution in [-0.2, 0) is 21.1 Å². The Hall–Kier alpha value is -1.40. The average molecular weight is 336 g/mol. The Morgan fingerprint density at radius 1 is 1.13 bits per heavy atom. The van der Waals surface area contributed by atoms with Crippen LogP contribution in [0.1, 0.15) is 18.9 Å². The van der Waals surface area contributed by atoms with E-state index in [1.807, 2.05) is 18.2 Å². The first-order valence-corrected chi connectivity index (χ1v) is 10.0. The van der Waals surface area contributed by atoms with Crippen molar-refractivity contribution >= 4 is 15.7 Å². The summed E-state index contributed by atoms with van der Waals surface area (Å²) in [6.07, 6.45) is 2.01. The van der Waals surface area contributed by atoms with E-state index in [0.717, 1.165) is 25.9 Å². The second-order valence-corrected chi connectivity index (χ2v) is 8.70. The fourth-order valence-corrected chi connectivity index (χ4v) is 5.84. The van der Waals surface area contributed by atoms with E-state index in [-0.39, 0.29) is 29.5 Å². The number of benzene rings is 1. The SMILES string of the molecule is CC(=O)N1CCN(CCCc2ccccc2)[C@H]2CS(=O)(=O)C[C@H]21. The summed E-state index contributed by atoms with van der Waals surface area (Å²) in [6.45, 7) is 3.83. The Morgan fingerprint density at radius 3 is 2.52 bits per heavy atom. The number of aryl methyl sites for hydroxylation is 1. The number of fused-ring (bicyclic) bond motifs is 1. The Kier molecular flexibility index (Phi) is 4.73. The smallest absolute Gasteiger partial charge is 0.219 e. The quantitative estimate of drug-likeness (QED) is 0.821. The Labute approximate surface area is 138 Å². The van der Waals surface area contributed by atoms with Crippen LogP contribution in [0.15, 0.2) is 30.3 Å². The third-order valence-corrected chi connectivity index (χ3v) is 6.65. The fourth-order valence-electron chi connectivity index (χ4n) is 3.82. The molecule has 2 aliphatic rings. The predicted octanol–water partition coefficient (Wildman–Crippen LogP) is 0.949. The number of rotatable bonds is 4. The number of piperazine rings is 1. The van der Waals surface area contributed by atoms with Gasteiger partial charge in [-0.3, -0.25) is 9.69 Å². The van der Waals surface area contributed by atoms with Crippen molar-refractivity contribution in [2.75, 3.05) is 31.1 Å². The zero-order valence-electron chi connectivity index (χ0n) is 13.5. The highest BCUT2D eigenvalue weighted by molar-refractivity contribution is 7.91. The number of carbonyl (C=O) groups excluding carboxylic acids is 1. The van der Waals surface area contributed by atoms with Crippen molar-refractivity contribution in [3.05, 3.63) is 35.9 Å². The number of carbonyl (C=O) groups is 1. The number of amides is 1. The average Bonchev–Trinajstić information content (AvgIpc) is 2.83. The van der Waals surface area contributed by atoms with Crippen LogP contribution < -0.4 is 0 Å². The Morgan fingerprint density at radius 2 is 1.83 bits per heavy atom. The summed E-state index contributed by atoms with van der Waals surface area (Å²) in [5.41, 5.74) is 1.31. The van der Waals surface area contributed by atoms with Crippen molar-refractivity contribution in [1.82, 2.24) is 9.80 Å². The molecule has 1 aromatic rings. The molecule has 2 aliphatic heterocycles. The Balaban J connectivity index is 1.63. The zero-order valence-corrected chi connectivity index (χ0v) is 14.3. The van der Waals surface area contributed by atoms with Crippen LogP contribution in [-0.4, -0.2) is 67.3 Å². The minimum atomic E-state index is -3.04. The number of hydrogen-bond donors (Lipinski definition) is 0. The molecule has 0 spiro atoms. The first kappa shape index (κ1) is 16.5. The Bertz CT molecular complexity index is 660. The lowest BCUT2D eigenvalue weighted by Gasteiger charge is -2.43. The van der Waals surface area contributed by atoms with E-state index in [1.165, 1.54) is 12.5 Å². The zero-order chi connectivity index (χ0) is 16.4. The van der Waals surface area contributed by atoms with Crippen molar-refractivity contribution < 1.29 is 13.2 Å². The highest BCUT2D eigenvalue weighted by Gasteiger charge is 2.47.